The summed E-state index contributed by atoms with van der Waals surface area (Å²) in [6, 6.07) is 5.69. The minimum absolute atomic E-state index is 0.0149. The molecule has 0 spiro atoms. The van der Waals surface area contributed by atoms with E-state index in [0.29, 0.717) is 9.92 Å². The van der Waals surface area contributed by atoms with Crippen LogP contribution in [0, 0.1) is 0 Å². The summed E-state index contributed by atoms with van der Waals surface area (Å²) in [6.07, 6.45) is 0.255. The molecule has 0 radical (unpaired) electrons. The molecule has 0 saturated carbocycles. The van der Waals surface area contributed by atoms with E-state index in [-0.39, 0.29) is 18.6 Å². The third-order valence-electron chi connectivity index (χ3n) is 2.70. The van der Waals surface area contributed by atoms with Crippen LogP contribution in [0.2, 0.25) is 5.02 Å². The standard InChI is InChI=1S/C14H19ClFNO2S/c1-4-13(18)12(9-14(2,3)16)17-20(19)11-7-5-10(15)6-8-11/h5-8,12,17H,4,9H2,1-3H3. The number of nitrogens with one attached hydrogen (secondary N) is 1. The molecule has 3 nitrogen and oxygen atoms in total. The van der Waals surface area contributed by atoms with Crippen LogP contribution in [0.15, 0.2) is 29.2 Å². The van der Waals surface area contributed by atoms with Crippen molar-refractivity contribution in [2.45, 2.75) is 50.2 Å². The van der Waals surface area contributed by atoms with Gasteiger partial charge in [-0.3, -0.25) is 4.79 Å². The maximum absolute atomic E-state index is 13.7. The van der Waals surface area contributed by atoms with Crippen molar-refractivity contribution in [3.8, 4) is 0 Å². The first kappa shape index (κ1) is 17.3. The first-order chi connectivity index (χ1) is 9.23. The van der Waals surface area contributed by atoms with Crippen LogP contribution in [-0.2, 0) is 15.8 Å². The van der Waals surface area contributed by atoms with Crippen molar-refractivity contribution < 1.29 is 13.4 Å². The molecular weight excluding hydrogens is 301 g/mol. The molecule has 0 aliphatic heterocycles. The number of rotatable bonds is 7. The SMILES string of the molecule is CCC(=O)C(CC(C)(C)F)NS(=O)c1ccc(Cl)cc1. The summed E-state index contributed by atoms with van der Waals surface area (Å²) >= 11 is 5.76. The van der Waals surface area contributed by atoms with Crippen LogP contribution in [0.1, 0.15) is 33.6 Å². The Morgan fingerprint density at radius 3 is 2.40 bits per heavy atom. The van der Waals surface area contributed by atoms with Crippen molar-refractivity contribution >= 4 is 28.4 Å². The molecule has 0 aliphatic rings. The summed E-state index contributed by atoms with van der Waals surface area (Å²) in [4.78, 5) is 12.3. The fraction of sp³-hybridized carbons (Fsp3) is 0.500. The number of benzene rings is 1. The van der Waals surface area contributed by atoms with Gasteiger partial charge >= 0.3 is 0 Å². The lowest BCUT2D eigenvalue weighted by atomic mass is 9.97. The zero-order valence-electron chi connectivity index (χ0n) is 11.8. The van der Waals surface area contributed by atoms with Gasteiger partial charge in [-0.1, -0.05) is 18.5 Å². The van der Waals surface area contributed by atoms with Crippen LogP contribution in [0.3, 0.4) is 0 Å². The average Bonchev–Trinajstić information content (AvgIpc) is 2.36. The summed E-state index contributed by atoms with van der Waals surface area (Å²) in [6.45, 7) is 4.50. The second kappa shape index (κ2) is 7.29. The van der Waals surface area contributed by atoms with Gasteiger partial charge in [0.05, 0.1) is 10.9 Å². The molecule has 1 rings (SSSR count). The Labute approximate surface area is 126 Å². The lowest BCUT2D eigenvalue weighted by molar-refractivity contribution is -0.121. The number of alkyl halides is 1. The van der Waals surface area contributed by atoms with E-state index in [2.05, 4.69) is 4.72 Å². The molecule has 2 unspecified atom stereocenters. The van der Waals surface area contributed by atoms with E-state index in [0.717, 1.165) is 0 Å². The fourth-order valence-corrected chi connectivity index (χ4v) is 2.83. The van der Waals surface area contributed by atoms with E-state index in [1.807, 2.05) is 0 Å². The molecule has 0 saturated heterocycles. The number of hydrogen-bond donors (Lipinski definition) is 1. The van der Waals surface area contributed by atoms with E-state index in [9.17, 15) is 13.4 Å². The molecule has 0 aliphatic carbocycles. The third-order valence-corrected chi connectivity index (χ3v) is 4.15. The van der Waals surface area contributed by atoms with Crippen LogP contribution in [0.5, 0.6) is 0 Å². The summed E-state index contributed by atoms with van der Waals surface area (Å²) in [7, 11) is -1.57. The fourth-order valence-electron chi connectivity index (χ4n) is 1.71. The van der Waals surface area contributed by atoms with Crippen LogP contribution in [0.25, 0.3) is 0 Å². The number of Topliss-reactive ketones (excluding diaryl/α,β-unsaturated/α-hetero) is 1. The molecule has 0 amide bonds. The Hall–Kier alpha value is -0.780. The number of carbonyl (C=O) groups excluding carboxylic acids is 1. The monoisotopic (exact) mass is 319 g/mol. The zero-order chi connectivity index (χ0) is 15.3. The van der Waals surface area contributed by atoms with Gasteiger partial charge in [0.25, 0.3) is 0 Å². The zero-order valence-corrected chi connectivity index (χ0v) is 13.4. The largest absolute Gasteiger partial charge is 0.298 e. The van der Waals surface area contributed by atoms with Crippen molar-refractivity contribution in [1.82, 2.24) is 4.72 Å². The van der Waals surface area contributed by atoms with Crippen molar-refractivity contribution in [2.75, 3.05) is 0 Å². The molecule has 1 aromatic rings. The van der Waals surface area contributed by atoms with Gasteiger partial charge < -0.3 is 0 Å². The normalized spacial score (nSPS) is 14.8. The van der Waals surface area contributed by atoms with Crippen molar-refractivity contribution in [2.24, 2.45) is 0 Å². The second-order valence-corrected chi connectivity index (χ2v) is 6.82. The van der Waals surface area contributed by atoms with Gasteiger partial charge in [-0.05, 0) is 38.1 Å². The van der Waals surface area contributed by atoms with E-state index in [4.69, 9.17) is 11.6 Å². The van der Waals surface area contributed by atoms with E-state index in [1.165, 1.54) is 13.8 Å². The first-order valence-electron chi connectivity index (χ1n) is 6.38. The molecule has 20 heavy (non-hydrogen) atoms. The van der Waals surface area contributed by atoms with E-state index in [1.54, 1.807) is 31.2 Å². The lowest BCUT2D eigenvalue weighted by Crippen LogP contribution is -2.41. The maximum Gasteiger partial charge on any atom is 0.150 e. The summed E-state index contributed by atoms with van der Waals surface area (Å²) in [5, 5.41) is 0.539. The molecule has 0 bridgehead atoms. The van der Waals surface area contributed by atoms with Crippen LogP contribution in [-0.4, -0.2) is 21.7 Å². The number of hydrogen-bond acceptors (Lipinski definition) is 2. The topological polar surface area (TPSA) is 46.2 Å². The molecular formula is C14H19ClFNO2S. The minimum atomic E-state index is -1.57. The van der Waals surface area contributed by atoms with E-state index < -0.39 is 22.7 Å². The predicted molar refractivity (Wildman–Crippen MR) is 79.9 cm³/mol. The molecule has 0 aromatic heterocycles. The molecule has 6 heteroatoms. The number of carbonyl (C=O) groups is 1. The van der Waals surface area contributed by atoms with E-state index >= 15 is 0 Å². The quantitative estimate of drug-likeness (QED) is 0.837. The molecule has 112 valence electrons. The van der Waals surface area contributed by atoms with Gasteiger partial charge in [0, 0.05) is 17.9 Å². The van der Waals surface area contributed by atoms with Crippen molar-refractivity contribution in [3.05, 3.63) is 29.3 Å². The number of ketones is 1. The lowest BCUT2D eigenvalue weighted by Gasteiger charge is -2.22. The highest BCUT2D eigenvalue weighted by molar-refractivity contribution is 7.83. The first-order valence-corrected chi connectivity index (χ1v) is 7.91. The highest BCUT2D eigenvalue weighted by Crippen LogP contribution is 2.19. The highest BCUT2D eigenvalue weighted by atomic mass is 35.5. The molecule has 0 heterocycles. The predicted octanol–water partition coefficient (Wildman–Crippen LogP) is 3.44. The van der Waals surface area contributed by atoms with Gasteiger partial charge in [0.15, 0.2) is 5.78 Å². The highest BCUT2D eigenvalue weighted by Gasteiger charge is 2.28. The molecule has 0 fully saturated rings. The van der Waals surface area contributed by atoms with Crippen LogP contribution in [0.4, 0.5) is 4.39 Å². The maximum atomic E-state index is 13.7. The molecule has 1 N–H and O–H groups in total. The molecule has 1 aromatic carbocycles. The van der Waals surface area contributed by atoms with Crippen LogP contribution >= 0.6 is 11.6 Å². The Morgan fingerprint density at radius 2 is 1.95 bits per heavy atom. The third kappa shape index (κ3) is 5.69. The Bertz CT molecular complexity index is 485. The Kier molecular flexibility index (Phi) is 6.30. The summed E-state index contributed by atoms with van der Waals surface area (Å²) < 4.78 is 28.6. The van der Waals surface area contributed by atoms with Gasteiger partial charge in [-0.2, -0.15) is 0 Å². The van der Waals surface area contributed by atoms with Gasteiger partial charge in [0.2, 0.25) is 0 Å². The Morgan fingerprint density at radius 1 is 1.40 bits per heavy atom. The number of halogens is 2. The summed E-state index contributed by atoms with van der Waals surface area (Å²) in [5.74, 6) is -0.155. The summed E-state index contributed by atoms with van der Waals surface area (Å²) in [5.41, 5.74) is -1.51. The average molecular weight is 320 g/mol. The molecule has 2 atom stereocenters. The Balaban J connectivity index is 2.81. The second-order valence-electron chi connectivity index (χ2n) is 5.14. The van der Waals surface area contributed by atoms with Gasteiger partial charge in [0.1, 0.15) is 16.7 Å². The van der Waals surface area contributed by atoms with Crippen molar-refractivity contribution in [1.29, 1.82) is 0 Å². The van der Waals surface area contributed by atoms with Crippen molar-refractivity contribution in [3.63, 3.8) is 0 Å². The van der Waals surface area contributed by atoms with Crippen LogP contribution < -0.4 is 4.72 Å². The van der Waals surface area contributed by atoms with Gasteiger partial charge in [-0.25, -0.2) is 13.3 Å². The van der Waals surface area contributed by atoms with Gasteiger partial charge in [-0.15, -0.1) is 0 Å². The smallest absolute Gasteiger partial charge is 0.150 e. The minimum Gasteiger partial charge on any atom is -0.298 e.